The van der Waals surface area contributed by atoms with Crippen LogP contribution >= 0.6 is 23.2 Å². The third-order valence-electron chi connectivity index (χ3n) is 1.81. The molecule has 1 nitrogen and oxygen atoms in total. The van der Waals surface area contributed by atoms with Crippen molar-refractivity contribution in [3.05, 3.63) is 33.8 Å². The van der Waals surface area contributed by atoms with E-state index in [1.165, 1.54) is 18.2 Å². The maximum absolute atomic E-state index is 12.1. The van der Waals surface area contributed by atoms with Crippen molar-refractivity contribution in [3.63, 3.8) is 0 Å². The van der Waals surface area contributed by atoms with Gasteiger partial charge in [0.2, 0.25) is 0 Å². The van der Waals surface area contributed by atoms with Crippen LogP contribution in [0, 0.1) is 0 Å². The van der Waals surface area contributed by atoms with Crippen LogP contribution in [0.5, 0.6) is 0 Å². The zero-order valence-corrected chi connectivity index (χ0v) is 9.00. The summed E-state index contributed by atoms with van der Waals surface area (Å²) in [6.07, 6.45) is -5.41. The quantitative estimate of drug-likeness (QED) is 0.853. The number of hydrogen-bond acceptors (Lipinski definition) is 1. The summed E-state index contributed by atoms with van der Waals surface area (Å²) in [6, 6.07) is 3.07. The Morgan fingerprint density at radius 2 is 1.87 bits per heavy atom. The third-order valence-corrected chi connectivity index (χ3v) is 2.38. The van der Waals surface area contributed by atoms with Crippen LogP contribution < -0.4 is 5.73 Å². The Hall–Kier alpha value is -0.450. The molecule has 0 bridgehead atoms. The summed E-state index contributed by atoms with van der Waals surface area (Å²) in [7, 11) is 0. The fourth-order valence-corrected chi connectivity index (χ4v) is 1.71. The van der Waals surface area contributed by atoms with Gasteiger partial charge in [0, 0.05) is 16.1 Å². The van der Waals surface area contributed by atoms with Gasteiger partial charge in [0.15, 0.2) is 0 Å². The number of rotatable bonds is 2. The summed E-state index contributed by atoms with van der Waals surface area (Å²) < 4.78 is 36.2. The molecule has 15 heavy (non-hydrogen) atoms. The predicted octanol–water partition coefficient (Wildman–Crippen LogP) is 3.95. The third kappa shape index (κ3) is 3.89. The first kappa shape index (κ1) is 12.6. The van der Waals surface area contributed by atoms with E-state index in [4.69, 9.17) is 28.9 Å². The largest absolute Gasteiger partial charge is 0.390 e. The van der Waals surface area contributed by atoms with Crippen LogP contribution in [0.15, 0.2) is 18.2 Å². The lowest BCUT2D eigenvalue weighted by molar-refractivity contribution is -0.138. The van der Waals surface area contributed by atoms with Crippen LogP contribution in [0.1, 0.15) is 18.0 Å². The monoisotopic (exact) mass is 257 g/mol. The van der Waals surface area contributed by atoms with Crippen molar-refractivity contribution in [1.82, 2.24) is 0 Å². The molecule has 0 aliphatic heterocycles. The second kappa shape index (κ2) is 4.60. The average Bonchev–Trinajstić information content (AvgIpc) is 1.99. The zero-order chi connectivity index (χ0) is 11.6. The zero-order valence-electron chi connectivity index (χ0n) is 7.48. The van der Waals surface area contributed by atoms with Crippen LogP contribution in [0.4, 0.5) is 13.2 Å². The number of benzene rings is 1. The minimum Gasteiger partial charge on any atom is -0.324 e. The topological polar surface area (TPSA) is 26.0 Å². The van der Waals surface area contributed by atoms with Crippen LogP contribution in [-0.4, -0.2) is 6.18 Å². The van der Waals surface area contributed by atoms with E-state index in [1.54, 1.807) is 0 Å². The Morgan fingerprint density at radius 1 is 1.27 bits per heavy atom. The van der Waals surface area contributed by atoms with Crippen molar-refractivity contribution >= 4 is 23.2 Å². The average molecular weight is 258 g/mol. The molecule has 0 saturated heterocycles. The summed E-state index contributed by atoms with van der Waals surface area (Å²) in [5.41, 5.74) is 5.63. The first-order valence-corrected chi connectivity index (χ1v) is 4.82. The normalized spacial score (nSPS) is 14.0. The Kier molecular flexibility index (Phi) is 3.87. The molecule has 84 valence electrons. The van der Waals surface area contributed by atoms with Gasteiger partial charge in [-0.25, -0.2) is 0 Å². The lowest BCUT2D eigenvalue weighted by atomic mass is 10.0. The number of hydrogen-bond donors (Lipinski definition) is 1. The van der Waals surface area contributed by atoms with Gasteiger partial charge in [-0.2, -0.15) is 13.2 Å². The molecule has 6 heteroatoms. The Labute approximate surface area is 95.0 Å². The van der Waals surface area contributed by atoms with Crippen LogP contribution in [0.25, 0.3) is 0 Å². The van der Waals surface area contributed by atoms with E-state index >= 15 is 0 Å². The molecule has 1 aromatic rings. The molecule has 2 N–H and O–H groups in total. The highest BCUT2D eigenvalue weighted by atomic mass is 35.5. The summed E-state index contributed by atoms with van der Waals surface area (Å²) in [5.74, 6) is 0. The summed E-state index contributed by atoms with van der Waals surface area (Å²) in [5, 5.41) is 0.516. The van der Waals surface area contributed by atoms with E-state index in [0.29, 0.717) is 5.02 Å². The highest BCUT2D eigenvalue weighted by Gasteiger charge is 2.31. The first-order chi connectivity index (χ1) is 6.79. The van der Waals surface area contributed by atoms with Gasteiger partial charge in [-0.1, -0.05) is 29.3 Å². The van der Waals surface area contributed by atoms with Gasteiger partial charge in [-0.3, -0.25) is 0 Å². The molecule has 0 radical (unpaired) electrons. The lowest BCUT2D eigenvalue weighted by Gasteiger charge is -2.15. The highest BCUT2D eigenvalue weighted by molar-refractivity contribution is 6.35. The van der Waals surface area contributed by atoms with Crippen LogP contribution in [0.2, 0.25) is 10.0 Å². The van der Waals surface area contributed by atoms with Crippen molar-refractivity contribution < 1.29 is 13.2 Å². The first-order valence-electron chi connectivity index (χ1n) is 4.07. The molecular weight excluding hydrogens is 250 g/mol. The number of nitrogens with two attached hydrogens (primary N) is 1. The predicted molar refractivity (Wildman–Crippen MR) is 54.1 cm³/mol. The van der Waals surface area contributed by atoms with E-state index in [2.05, 4.69) is 0 Å². The fraction of sp³-hybridized carbons (Fsp3) is 0.333. The van der Waals surface area contributed by atoms with Gasteiger partial charge in [-0.15, -0.1) is 0 Å². The minimum absolute atomic E-state index is 0.152. The molecule has 0 saturated carbocycles. The molecule has 0 aromatic heterocycles. The van der Waals surface area contributed by atoms with Gasteiger partial charge in [-0.05, 0) is 17.7 Å². The van der Waals surface area contributed by atoms with Gasteiger partial charge in [0.1, 0.15) is 0 Å². The summed E-state index contributed by atoms with van der Waals surface area (Å²) >= 11 is 11.3. The molecule has 0 heterocycles. The highest BCUT2D eigenvalue weighted by Crippen LogP contribution is 2.32. The molecule has 1 atom stereocenters. The van der Waals surface area contributed by atoms with Gasteiger partial charge in [0.25, 0.3) is 0 Å². The van der Waals surface area contributed by atoms with Crippen LogP contribution in [-0.2, 0) is 0 Å². The minimum atomic E-state index is -4.30. The van der Waals surface area contributed by atoms with Crippen molar-refractivity contribution in [1.29, 1.82) is 0 Å². The van der Waals surface area contributed by atoms with E-state index < -0.39 is 18.6 Å². The number of alkyl halides is 3. The maximum Gasteiger partial charge on any atom is 0.390 e. The van der Waals surface area contributed by atoms with Crippen molar-refractivity contribution in [2.75, 3.05) is 0 Å². The van der Waals surface area contributed by atoms with Crippen molar-refractivity contribution in [2.45, 2.75) is 18.6 Å². The van der Waals surface area contributed by atoms with Gasteiger partial charge in [0.05, 0.1) is 6.42 Å². The molecule has 0 amide bonds. The second-order valence-corrected chi connectivity index (χ2v) is 3.94. The molecule has 1 aromatic carbocycles. The van der Waals surface area contributed by atoms with E-state index in [0.717, 1.165) is 0 Å². The fourth-order valence-electron chi connectivity index (χ4n) is 1.16. The van der Waals surface area contributed by atoms with Gasteiger partial charge < -0.3 is 5.73 Å². The summed E-state index contributed by atoms with van der Waals surface area (Å²) in [4.78, 5) is 0. The van der Waals surface area contributed by atoms with E-state index in [-0.39, 0.29) is 10.6 Å². The molecule has 1 rings (SSSR count). The van der Waals surface area contributed by atoms with E-state index in [1.807, 2.05) is 0 Å². The molecule has 0 spiro atoms. The molecule has 0 unspecified atom stereocenters. The second-order valence-electron chi connectivity index (χ2n) is 3.09. The van der Waals surface area contributed by atoms with Crippen LogP contribution in [0.3, 0.4) is 0 Å². The molecule has 0 aliphatic carbocycles. The van der Waals surface area contributed by atoms with Gasteiger partial charge >= 0.3 is 6.18 Å². The molecule has 0 fully saturated rings. The molecule has 0 aliphatic rings. The Balaban J connectivity index is 2.87. The van der Waals surface area contributed by atoms with Crippen molar-refractivity contribution in [3.8, 4) is 0 Å². The Bertz CT molecular complexity index is 352. The SMILES string of the molecule is N[C@H](CC(F)(F)F)c1ccc(Cl)cc1Cl. The van der Waals surface area contributed by atoms with E-state index in [9.17, 15) is 13.2 Å². The summed E-state index contributed by atoms with van der Waals surface area (Å²) in [6.45, 7) is 0. The standard InChI is InChI=1S/C9H8Cl2F3N/c10-5-1-2-6(7(11)3-5)8(15)4-9(12,13)14/h1-3,8H,4,15H2/t8-/m1/s1. The number of halogens is 5. The maximum atomic E-state index is 12.1. The molecular formula is C9H8Cl2F3N. The van der Waals surface area contributed by atoms with Crippen molar-refractivity contribution in [2.24, 2.45) is 5.73 Å². The lowest BCUT2D eigenvalue weighted by Crippen LogP contribution is -2.20. The smallest absolute Gasteiger partial charge is 0.324 e. The Morgan fingerprint density at radius 3 is 2.33 bits per heavy atom.